The van der Waals surface area contributed by atoms with Crippen LogP contribution >= 0.6 is 0 Å². The molecule has 1 amide bonds. The monoisotopic (exact) mass is 1160 g/mol. The molecule has 11 heteroatoms. The topological polar surface area (TPSA) is 175 Å². The van der Waals surface area contributed by atoms with Gasteiger partial charge in [0.1, 0.15) is 24.4 Å². The van der Waals surface area contributed by atoms with Crippen LogP contribution in [0.5, 0.6) is 0 Å². The number of aliphatic hydroxyl groups is 5. The predicted molar refractivity (Wildman–Crippen MR) is 343 cm³/mol. The third-order valence-electron chi connectivity index (χ3n) is 16.4. The molecule has 1 heterocycles. The number of hydrogen-bond acceptors (Lipinski definition) is 10. The minimum atomic E-state index is -1.58. The molecule has 0 spiro atoms. The maximum Gasteiger partial charge on any atom is 0.305 e. The normalized spacial score (nSPS) is 18.5. The first-order chi connectivity index (χ1) is 40.2. The Bertz CT molecular complexity index is 1500. The summed E-state index contributed by atoms with van der Waals surface area (Å²) in [5.74, 6) is -0.192. The molecular weight excluding hydrogens is 1030 g/mol. The number of nitrogens with one attached hydrogen (secondary N) is 1. The van der Waals surface area contributed by atoms with E-state index in [4.69, 9.17) is 14.2 Å². The van der Waals surface area contributed by atoms with E-state index < -0.39 is 49.5 Å². The number of rotatable bonds is 61. The highest BCUT2D eigenvalue weighted by atomic mass is 16.7. The number of esters is 1. The summed E-state index contributed by atoms with van der Waals surface area (Å²) < 4.78 is 16.7. The van der Waals surface area contributed by atoms with Crippen molar-refractivity contribution in [1.29, 1.82) is 0 Å². The van der Waals surface area contributed by atoms with Crippen LogP contribution in [0.4, 0.5) is 0 Å². The molecule has 82 heavy (non-hydrogen) atoms. The summed E-state index contributed by atoms with van der Waals surface area (Å²) in [6.07, 6.45) is 68.4. The van der Waals surface area contributed by atoms with Crippen molar-refractivity contribution in [2.24, 2.45) is 0 Å². The molecule has 1 saturated heterocycles. The van der Waals surface area contributed by atoms with Gasteiger partial charge in [-0.1, -0.05) is 268 Å². The van der Waals surface area contributed by atoms with Gasteiger partial charge in [0.25, 0.3) is 0 Å². The smallest absolute Gasteiger partial charge is 0.305 e. The number of hydrogen-bond donors (Lipinski definition) is 6. The van der Waals surface area contributed by atoms with Crippen molar-refractivity contribution in [3.8, 4) is 0 Å². The van der Waals surface area contributed by atoms with Crippen LogP contribution in [-0.4, -0.2) is 100 Å². The molecule has 7 atom stereocenters. The number of carbonyl (C=O) groups is 2. The Morgan fingerprint density at radius 3 is 1.23 bits per heavy atom. The molecule has 0 radical (unpaired) electrons. The van der Waals surface area contributed by atoms with Crippen molar-refractivity contribution >= 4 is 11.9 Å². The van der Waals surface area contributed by atoms with Crippen LogP contribution in [0, 0.1) is 0 Å². The number of aliphatic hydroxyl groups excluding tert-OH is 5. The zero-order valence-corrected chi connectivity index (χ0v) is 53.2. The molecule has 7 unspecified atom stereocenters. The van der Waals surface area contributed by atoms with Gasteiger partial charge in [-0.3, -0.25) is 9.59 Å². The van der Waals surface area contributed by atoms with Crippen LogP contribution in [0.2, 0.25) is 0 Å². The van der Waals surface area contributed by atoms with Gasteiger partial charge < -0.3 is 45.1 Å². The average Bonchev–Trinajstić information content (AvgIpc) is 3.53. The number of ether oxygens (including phenoxy) is 3. The van der Waals surface area contributed by atoms with Crippen LogP contribution in [0.3, 0.4) is 0 Å². The molecule has 0 aromatic carbocycles. The lowest BCUT2D eigenvalue weighted by Gasteiger charge is -2.40. The molecule has 1 aliphatic heterocycles. The van der Waals surface area contributed by atoms with Crippen molar-refractivity contribution in [1.82, 2.24) is 5.32 Å². The quantitative estimate of drug-likeness (QED) is 0.0195. The standard InChI is InChI=1S/C71H131NO10/c1-3-5-7-9-11-13-14-15-32-36-39-43-47-51-55-59-67(76)80-60-56-52-48-44-40-37-34-31-29-27-25-23-21-19-17-16-18-20-22-24-26-28-30-33-35-38-42-46-50-54-58-66(75)72-63(64(74)57-53-49-45-41-12-10-8-6-4-2)62-81-71-70(79)69(78)68(77)65(61-73)82-71/h12,15,17,19,32,41,53,57,63-65,68-71,73-74,77-79H,3-11,13-14,16,18,20-31,33-40,42-52,54-56,58-62H2,1-2H3,(H,72,75)/b19-17-,32-15-,41-12+,57-53+. The Morgan fingerprint density at radius 2 is 0.793 bits per heavy atom. The lowest BCUT2D eigenvalue weighted by molar-refractivity contribution is -0.302. The van der Waals surface area contributed by atoms with Gasteiger partial charge in [-0.2, -0.15) is 0 Å². The Labute approximate surface area is 504 Å². The molecule has 1 rings (SSSR count). The molecule has 1 aliphatic rings. The molecule has 0 aliphatic carbocycles. The Morgan fingerprint density at radius 1 is 0.439 bits per heavy atom. The van der Waals surface area contributed by atoms with E-state index in [0.717, 1.165) is 57.8 Å². The Balaban J connectivity index is 1.92. The molecular formula is C71H131NO10. The number of amides is 1. The van der Waals surface area contributed by atoms with E-state index in [1.54, 1.807) is 6.08 Å². The fraction of sp³-hybridized carbons (Fsp3) is 0.859. The van der Waals surface area contributed by atoms with Crippen molar-refractivity contribution in [3.05, 3.63) is 48.6 Å². The maximum absolute atomic E-state index is 13.0. The molecule has 0 aromatic rings. The predicted octanol–water partition coefficient (Wildman–Crippen LogP) is 17.6. The van der Waals surface area contributed by atoms with Crippen LogP contribution < -0.4 is 5.32 Å². The number of allylic oxidation sites excluding steroid dienone is 7. The maximum atomic E-state index is 13.0. The SMILES string of the molecule is CCCCC/C=C/CC/C=C/C(O)C(COC1OC(CO)C(O)C(O)C1O)NC(=O)CCCCCCCCCCCCCCCC/C=C\CCCCCCCCCCCCCCOC(=O)CCCCCCC/C=C\CCCCCCCC. The van der Waals surface area contributed by atoms with E-state index in [2.05, 4.69) is 55.6 Å². The molecule has 6 N–H and O–H groups in total. The number of unbranched alkanes of at least 4 members (excludes halogenated alkanes) is 41. The van der Waals surface area contributed by atoms with E-state index >= 15 is 0 Å². The van der Waals surface area contributed by atoms with Gasteiger partial charge in [-0.25, -0.2) is 0 Å². The second-order valence-corrected chi connectivity index (χ2v) is 24.2. The first-order valence-electron chi connectivity index (χ1n) is 34.9. The third kappa shape index (κ3) is 48.8. The minimum absolute atomic E-state index is 0.000533. The van der Waals surface area contributed by atoms with Crippen LogP contribution in [0.1, 0.15) is 328 Å². The van der Waals surface area contributed by atoms with Gasteiger partial charge in [0.15, 0.2) is 6.29 Å². The van der Waals surface area contributed by atoms with Gasteiger partial charge in [0, 0.05) is 12.8 Å². The van der Waals surface area contributed by atoms with Crippen molar-refractivity contribution in [2.75, 3.05) is 19.8 Å². The zero-order valence-electron chi connectivity index (χ0n) is 53.2. The first kappa shape index (κ1) is 77.6. The van der Waals surface area contributed by atoms with Crippen LogP contribution in [0.15, 0.2) is 48.6 Å². The average molecular weight is 1160 g/mol. The molecule has 0 aromatic heterocycles. The van der Waals surface area contributed by atoms with Gasteiger partial charge in [-0.05, 0) is 96.3 Å². The molecule has 11 nitrogen and oxygen atoms in total. The van der Waals surface area contributed by atoms with Crippen molar-refractivity contribution in [3.63, 3.8) is 0 Å². The second-order valence-electron chi connectivity index (χ2n) is 24.2. The second kappa shape index (κ2) is 60.3. The molecule has 0 bridgehead atoms. The van der Waals surface area contributed by atoms with E-state index in [1.807, 2.05) is 6.08 Å². The van der Waals surface area contributed by atoms with Crippen LogP contribution in [0.25, 0.3) is 0 Å². The molecule has 1 fully saturated rings. The summed E-state index contributed by atoms with van der Waals surface area (Å²) in [6, 6.07) is -0.825. The summed E-state index contributed by atoms with van der Waals surface area (Å²) in [5.41, 5.74) is 0. The summed E-state index contributed by atoms with van der Waals surface area (Å²) in [6.45, 7) is 4.29. The van der Waals surface area contributed by atoms with Crippen LogP contribution in [-0.2, 0) is 23.8 Å². The van der Waals surface area contributed by atoms with Crippen molar-refractivity contribution in [2.45, 2.75) is 371 Å². The lowest BCUT2D eigenvalue weighted by Crippen LogP contribution is -2.60. The third-order valence-corrected chi connectivity index (χ3v) is 16.4. The minimum Gasteiger partial charge on any atom is -0.466 e. The highest BCUT2D eigenvalue weighted by Crippen LogP contribution is 2.23. The van der Waals surface area contributed by atoms with E-state index in [-0.39, 0.29) is 18.5 Å². The Hall–Kier alpha value is -2.38. The van der Waals surface area contributed by atoms with Gasteiger partial charge in [0.05, 0.1) is 32.0 Å². The largest absolute Gasteiger partial charge is 0.466 e. The fourth-order valence-electron chi connectivity index (χ4n) is 10.9. The zero-order chi connectivity index (χ0) is 59.5. The van der Waals surface area contributed by atoms with E-state index in [9.17, 15) is 35.1 Å². The molecule has 480 valence electrons. The number of carbonyl (C=O) groups excluding carboxylic acids is 2. The molecule has 0 saturated carbocycles. The fourth-order valence-corrected chi connectivity index (χ4v) is 10.9. The first-order valence-corrected chi connectivity index (χ1v) is 34.9. The van der Waals surface area contributed by atoms with Gasteiger partial charge in [-0.15, -0.1) is 0 Å². The van der Waals surface area contributed by atoms with Gasteiger partial charge in [0.2, 0.25) is 5.91 Å². The van der Waals surface area contributed by atoms with E-state index in [1.165, 1.54) is 244 Å². The van der Waals surface area contributed by atoms with Gasteiger partial charge >= 0.3 is 5.97 Å². The van der Waals surface area contributed by atoms with Crippen molar-refractivity contribution < 1.29 is 49.3 Å². The Kier molecular flexibility index (Phi) is 57.1. The summed E-state index contributed by atoms with van der Waals surface area (Å²) >= 11 is 0. The summed E-state index contributed by atoms with van der Waals surface area (Å²) in [7, 11) is 0. The lowest BCUT2D eigenvalue weighted by atomic mass is 9.99. The summed E-state index contributed by atoms with van der Waals surface area (Å²) in [5, 5.41) is 54.2. The highest BCUT2D eigenvalue weighted by Gasteiger charge is 2.44. The highest BCUT2D eigenvalue weighted by molar-refractivity contribution is 5.76. The van der Waals surface area contributed by atoms with E-state index in [0.29, 0.717) is 19.4 Å². The summed E-state index contributed by atoms with van der Waals surface area (Å²) in [4.78, 5) is 25.1.